The number of phenols is 1. The second kappa shape index (κ2) is 24.2. The summed E-state index contributed by atoms with van der Waals surface area (Å²) in [7, 11) is 2.36. The van der Waals surface area contributed by atoms with Crippen LogP contribution < -0.4 is 43.0 Å². The molecule has 25 nitrogen and oxygen atoms in total. The van der Waals surface area contributed by atoms with Crippen molar-refractivity contribution in [2.45, 2.75) is 121 Å². The second-order valence-electron chi connectivity index (χ2n) is 17.6. The molecule has 69 heavy (non-hydrogen) atoms. The highest BCUT2D eigenvalue weighted by molar-refractivity contribution is 6.06. The van der Waals surface area contributed by atoms with E-state index in [9.17, 15) is 63.0 Å². The van der Waals surface area contributed by atoms with E-state index in [-0.39, 0.29) is 42.5 Å². The third kappa shape index (κ3) is 14.4. The molecule has 11 N–H and O–H groups in total. The van der Waals surface area contributed by atoms with Gasteiger partial charge in [0.2, 0.25) is 47.5 Å². The normalized spacial score (nSPS) is 28.5. The van der Waals surface area contributed by atoms with E-state index in [0.29, 0.717) is 6.42 Å². The van der Waals surface area contributed by atoms with E-state index >= 15 is 0 Å². The number of carbonyl (C=O) groups is 11. The number of hydrogen-bond acceptors (Lipinski definition) is 15. The average molecular weight is 971 g/mol. The van der Waals surface area contributed by atoms with Gasteiger partial charge >= 0.3 is 6.09 Å². The Morgan fingerprint density at radius 2 is 1.54 bits per heavy atom. The molecule has 1 aromatic carbocycles. The summed E-state index contributed by atoms with van der Waals surface area (Å²) in [5.41, 5.74) is 5.23. The number of para-hydroxylation sites is 1. The average Bonchev–Trinajstić information content (AvgIpc) is 3.85. The zero-order chi connectivity index (χ0) is 51.4. The van der Waals surface area contributed by atoms with E-state index in [1.54, 1.807) is 13.0 Å². The highest BCUT2D eigenvalue weighted by Gasteiger charge is 2.47. The van der Waals surface area contributed by atoms with Gasteiger partial charge in [-0.05, 0) is 56.6 Å². The molecule has 3 heterocycles. The molecule has 25 heteroatoms. The molecule has 11 amide bonds. The number of alkyl carbamates (subject to hydrolysis) is 1. The maximum atomic E-state index is 14.6. The molecular weight excluding hydrogens is 909 g/mol. The maximum Gasteiger partial charge on any atom is 0.414 e. The van der Waals surface area contributed by atoms with Crippen LogP contribution in [0.5, 0.6) is 5.75 Å². The summed E-state index contributed by atoms with van der Waals surface area (Å²) in [6.45, 7) is 7.24. The van der Waals surface area contributed by atoms with E-state index in [2.05, 4.69) is 31.9 Å². The summed E-state index contributed by atoms with van der Waals surface area (Å²) in [4.78, 5) is 152. The molecule has 10 atom stereocenters. The van der Waals surface area contributed by atoms with E-state index in [0.717, 1.165) is 22.9 Å². The first kappa shape index (κ1) is 54.5. The predicted octanol–water partition coefficient (Wildman–Crippen LogP) is -3.57. The third-order valence-electron chi connectivity index (χ3n) is 11.7. The van der Waals surface area contributed by atoms with Gasteiger partial charge < -0.3 is 67.1 Å². The number of aliphatic hydroxyl groups is 1. The van der Waals surface area contributed by atoms with Gasteiger partial charge in [-0.25, -0.2) is 4.79 Å². The number of methoxy groups -OCH3 is 1. The number of carbonyl (C=O) groups excluding carboxylic acids is 11. The van der Waals surface area contributed by atoms with Crippen LogP contribution in [0.2, 0.25) is 0 Å². The minimum atomic E-state index is -2.07. The van der Waals surface area contributed by atoms with Crippen molar-refractivity contribution in [2.75, 3.05) is 27.2 Å². The lowest BCUT2D eigenvalue weighted by Gasteiger charge is -2.33. The van der Waals surface area contributed by atoms with Crippen LogP contribution in [-0.4, -0.2) is 167 Å². The molecule has 3 aliphatic rings. The molecule has 378 valence electrons. The first-order chi connectivity index (χ1) is 32.4. The van der Waals surface area contributed by atoms with Crippen molar-refractivity contribution in [3.8, 4) is 5.75 Å². The van der Waals surface area contributed by atoms with Crippen LogP contribution >= 0.6 is 0 Å². The molecule has 3 fully saturated rings. The Morgan fingerprint density at radius 1 is 0.884 bits per heavy atom. The number of imide groups is 1. The highest BCUT2D eigenvalue weighted by atomic mass is 16.6. The number of amides is 11. The molecule has 2 unspecified atom stereocenters. The van der Waals surface area contributed by atoms with Gasteiger partial charge in [0.25, 0.3) is 17.7 Å². The summed E-state index contributed by atoms with van der Waals surface area (Å²) in [6, 6.07) is -3.92. The zero-order valence-electron chi connectivity index (χ0n) is 39.4. The lowest BCUT2D eigenvalue weighted by Crippen LogP contribution is -2.63. The van der Waals surface area contributed by atoms with Crippen LogP contribution in [0.15, 0.2) is 36.0 Å². The number of likely N-dealkylation sites (N-methyl/N-ethyl adjacent to an activating group) is 1. The van der Waals surface area contributed by atoms with Gasteiger partial charge in [-0.3, -0.25) is 53.3 Å². The number of hydrogen-bond donors (Lipinski definition) is 10. The number of aliphatic hydroxyl groups excluding tert-OH is 1. The topological polar surface area (TPSA) is 363 Å². The second-order valence-corrected chi connectivity index (χ2v) is 17.6. The molecule has 1 aromatic rings. The Hall–Kier alpha value is -7.15. The highest BCUT2D eigenvalue weighted by Crippen LogP contribution is 2.26. The molecule has 3 saturated heterocycles. The number of phenolic OH excluding ortho intramolecular Hbond substituents is 1. The number of ether oxygens (including phenoxy) is 2. The minimum absolute atomic E-state index is 0.0271. The third-order valence-corrected chi connectivity index (χ3v) is 11.7. The lowest BCUT2D eigenvalue weighted by atomic mass is 9.98. The molecule has 0 aromatic heterocycles. The fourth-order valence-electron chi connectivity index (χ4n) is 7.86. The van der Waals surface area contributed by atoms with Crippen LogP contribution in [0.1, 0.15) is 65.9 Å². The Balaban J connectivity index is 1.84. The van der Waals surface area contributed by atoms with Crippen molar-refractivity contribution in [2.24, 2.45) is 17.6 Å². The molecule has 0 radical (unpaired) electrons. The Bertz CT molecular complexity index is 2200. The van der Waals surface area contributed by atoms with Crippen LogP contribution in [0, 0.1) is 11.8 Å². The van der Waals surface area contributed by atoms with Crippen molar-refractivity contribution in [1.29, 1.82) is 0 Å². The number of nitrogens with one attached hydrogen (secondary N) is 7. The minimum Gasteiger partial charge on any atom is -0.508 e. The Labute approximate surface area is 397 Å². The predicted molar refractivity (Wildman–Crippen MR) is 239 cm³/mol. The van der Waals surface area contributed by atoms with Gasteiger partial charge in [0.1, 0.15) is 35.6 Å². The summed E-state index contributed by atoms with van der Waals surface area (Å²) in [5.74, 6) is -11.2. The van der Waals surface area contributed by atoms with Crippen molar-refractivity contribution < 1.29 is 72.4 Å². The van der Waals surface area contributed by atoms with Crippen LogP contribution in [0.25, 0.3) is 0 Å². The standard InChI is InChI=1S/C44H62N10O15/c1-8-24-42(65)53(6)19-31(57)50-33(35-41(64)52-44(67)69-35)39(62)51-32(22(5)68-7)43(66)54-18-21(4)15-28(54)38(61)49-26(16-23-11-9-10-12-29(23)55)36(59)48-27(17-30(45)56)37(60)47-25(14-13-20(2)3)34(58)40(63)46-24/h8-12,20-22,25-28,32-35,55,58H,13-19H2,1-7H3,(H2,45,56)(H,46,63)(H,47,60)(H,48,59)(H,49,61)(H,50,57)(H,51,62)(H,52,64,67)/b24-8-/t21-,22+,25?,26-,27-,28-,32-,33?,34+,35-/m0/s1. The molecule has 4 rings (SSSR count). The van der Waals surface area contributed by atoms with E-state index in [1.165, 1.54) is 39.2 Å². The largest absolute Gasteiger partial charge is 0.508 e. The molecule has 0 saturated carbocycles. The summed E-state index contributed by atoms with van der Waals surface area (Å²) < 4.78 is 10.5. The molecule has 0 aliphatic carbocycles. The van der Waals surface area contributed by atoms with Gasteiger partial charge in [0, 0.05) is 27.1 Å². The van der Waals surface area contributed by atoms with Crippen molar-refractivity contribution in [3.05, 3.63) is 41.6 Å². The van der Waals surface area contributed by atoms with E-state index < -0.39 is 145 Å². The smallest absolute Gasteiger partial charge is 0.414 e. The number of primary amides is 1. The number of rotatable bonds is 10. The first-order valence-electron chi connectivity index (χ1n) is 22.3. The number of benzene rings is 1. The number of fused-ring (bicyclic) bond motifs is 1. The molecule has 0 spiro atoms. The number of nitrogens with zero attached hydrogens (tertiary/aromatic N) is 2. The first-order valence-corrected chi connectivity index (χ1v) is 22.3. The quantitative estimate of drug-likeness (QED) is 0.101. The van der Waals surface area contributed by atoms with Crippen LogP contribution in [0.4, 0.5) is 4.79 Å². The number of nitrogens with two attached hydrogens (primary N) is 1. The van der Waals surface area contributed by atoms with Crippen LogP contribution in [-0.2, 0) is 63.8 Å². The van der Waals surface area contributed by atoms with Crippen molar-refractivity contribution in [1.82, 2.24) is 47.0 Å². The SMILES string of the molecule is C/C=C1\NC(=O)[C@H](O)C(CCC(C)C)NC(=O)[C@H](CC(N)=O)NC(=O)[C@H](Cc2ccccc2O)NC(=O)[C@@H]2C[C@H](C)CN2C(=O)[C@H]([C@@H](C)OC)NC(=O)C([C@@H]2OC(=O)NC2=O)NC(=O)CN(C)C1=O. The van der Waals surface area contributed by atoms with E-state index in [4.69, 9.17) is 15.2 Å². The summed E-state index contributed by atoms with van der Waals surface area (Å²) >= 11 is 0. The zero-order valence-corrected chi connectivity index (χ0v) is 39.4. The van der Waals surface area contributed by atoms with Crippen molar-refractivity contribution in [3.63, 3.8) is 0 Å². The van der Waals surface area contributed by atoms with Crippen LogP contribution in [0.3, 0.4) is 0 Å². The molecule has 0 bridgehead atoms. The Morgan fingerprint density at radius 3 is 2.13 bits per heavy atom. The van der Waals surface area contributed by atoms with E-state index in [1.807, 2.05) is 19.2 Å². The van der Waals surface area contributed by atoms with Gasteiger partial charge in [-0.1, -0.05) is 45.0 Å². The monoisotopic (exact) mass is 970 g/mol. The molecule has 3 aliphatic heterocycles. The lowest BCUT2D eigenvalue weighted by molar-refractivity contribution is -0.146. The maximum absolute atomic E-state index is 14.6. The van der Waals surface area contributed by atoms with Gasteiger partial charge in [0.15, 0.2) is 12.1 Å². The van der Waals surface area contributed by atoms with Gasteiger partial charge in [-0.2, -0.15) is 0 Å². The summed E-state index contributed by atoms with van der Waals surface area (Å²) in [6.07, 6.45) is -6.18. The summed E-state index contributed by atoms with van der Waals surface area (Å²) in [5, 5.41) is 38.5. The van der Waals surface area contributed by atoms with Crippen molar-refractivity contribution >= 4 is 65.2 Å². The fourth-order valence-corrected chi connectivity index (χ4v) is 7.86. The van der Waals surface area contributed by atoms with Gasteiger partial charge in [-0.15, -0.1) is 0 Å². The number of aromatic hydroxyl groups is 1. The Kier molecular flexibility index (Phi) is 19.1. The number of cyclic esters (lactones) is 1. The molecular formula is C44H62N10O15. The van der Waals surface area contributed by atoms with Gasteiger partial charge in [0.05, 0.1) is 25.1 Å². The number of allylic oxidation sites excluding steroid dienone is 1. The fraction of sp³-hybridized carbons (Fsp3) is 0.568.